The molecule has 212 valence electrons. The molecule has 7 heteroatoms. The van der Waals surface area contributed by atoms with Crippen LogP contribution >= 0.6 is 0 Å². The van der Waals surface area contributed by atoms with Crippen LogP contribution in [0.5, 0.6) is 11.5 Å². The van der Waals surface area contributed by atoms with Gasteiger partial charge in [-0.1, -0.05) is 49.7 Å². The number of phenolic OH excluding ortho intramolecular Hbond substituents is 1. The van der Waals surface area contributed by atoms with Crippen LogP contribution in [0.2, 0.25) is 0 Å². The van der Waals surface area contributed by atoms with Gasteiger partial charge >= 0.3 is 5.97 Å². The van der Waals surface area contributed by atoms with Gasteiger partial charge in [-0.05, 0) is 75.4 Å². The van der Waals surface area contributed by atoms with Crippen LogP contribution in [0.4, 0.5) is 0 Å². The zero-order valence-corrected chi connectivity index (χ0v) is 24.1. The molecule has 2 aromatic carbocycles. The maximum Gasteiger partial charge on any atom is 0.303 e. The van der Waals surface area contributed by atoms with Crippen LogP contribution in [-0.4, -0.2) is 70.7 Å². The van der Waals surface area contributed by atoms with E-state index in [1.54, 1.807) is 12.1 Å². The summed E-state index contributed by atoms with van der Waals surface area (Å²) >= 11 is 0. The minimum Gasteiger partial charge on any atom is -0.504 e. The van der Waals surface area contributed by atoms with Gasteiger partial charge in [0.2, 0.25) is 5.91 Å². The molecule has 2 aliphatic carbocycles. The number of amides is 1. The monoisotopic (exact) mass is 544 g/mol. The summed E-state index contributed by atoms with van der Waals surface area (Å²) in [5, 5.41) is 11.0. The minimum atomic E-state index is -0.789. The zero-order chi connectivity index (χ0) is 28.4. The van der Waals surface area contributed by atoms with Crippen molar-refractivity contribution in [2.24, 2.45) is 5.92 Å². The highest BCUT2D eigenvalue weighted by molar-refractivity contribution is 5.92. The van der Waals surface area contributed by atoms with E-state index >= 15 is 0 Å². The molecule has 2 aliphatic heterocycles. The number of phenols is 1. The van der Waals surface area contributed by atoms with Gasteiger partial charge in [-0.25, -0.2) is 0 Å². The Balaban J connectivity index is 1.46. The van der Waals surface area contributed by atoms with E-state index in [1.165, 1.54) is 6.92 Å². The standard InChI is InChI=1S/C33H40N2O5/c1-20(2)19-35(28(38)12-9-23-8-6-7-21(3)17-23)25-13-14-33(40-22(4)36)27-18-24-10-11-26(37)30-29(24)32(33,31(25)39-30)15-16-34(27)5/h6-12,17,20,25,27,31,37H,13-16,18-19H2,1-5H3/t25?,27-,31?,32+,33-/m1/s1. The van der Waals surface area contributed by atoms with E-state index in [2.05, 4.69) is 31.9 Å². The number of aromatic hydroxyl groups is 1. The third-order valence-electron chi connectivity index (χ3n) is 9.69. The number of piperidine rings is 1. The topological polar surface area (TPSA) is 79.3 Å². The predicted molar refractivity (Wildman–Crippen MR) is 153 cm³/mol. The normalized spacial score (nSPS) is 30.2. The van der Waals surface area contributed by atoms with Crippen LogP contribution in [0, 0.1) is 12.8 Å². The van der Waals surface area contributed by atoms with Crippen LogP contribution in [0.15, 0.2) is 42.5 Å². The second-order valence-corrected chi connectivity index (χ2v) is 12.6. The number of aryl methyl sites for hydroxylation is 1. The van der Waals surface area contributed by atoms with Crippen molar-refractivity contribution < 1.29 is 24.2 Å². The summed E-state index contributed by atoms with van der Waals surface area (Å²) < 4.78 is 13.2. The second kappa shape index (κ2) is 9.65. The molecule has 2 unspecified atom stereocenters. The van der Waals surface area contributed by atoms with E-state index in [-0.39, 0.29) is 35.6 Å². The molecule has 6 rings (SSSR count). The van der Waals surface area contributed by atoms with Gasteiger partial charge in [-0.3, -0.25) is 14.5 Å². The highest BCUT2D eigenvalue weighted by atomic mass is 16.6. The summed E-state index contributed by atoms with van der Waals surface area (Å²) in [7, 11) is 2.11. The fourth-order valence-electron chi connectivity index (χ4n) is 8.30. The number of esters is 1. The Morgan fingerprint density at radius 1 is 1.25 bits per heavy atom. The number of carbonyl (C=O) groups excluding carboxylic acids is 2. The van der Waals surface area contributed by atoms with E-state index in [1.807, 2.05) is 42.2 Å². The minimum absolute atomic E-state index is 0.00402. The van der Waals surface area contributed by atoms with E-state index in [9.17, 15) is 14.7 Å². The largest absolute Gasteiger partial charge is 0.504 e. The Hall–Kier alpha value is -3.32. The highest BCUT2D eigenvalue weighted by Gasteiger charge is 2.75. The smallest absolute Gasteiger partial charge is 0.303 e. The van der Waals surface area contributed by atoms with Crippen molar-refractivity contribution in [2.75, 3.05) is 20.1 Å². The Morgan fingerprint density at radius 3 is 2.77 bits per heavy atom. The summed E-state index contributed by atoms with van der Waals surface area (Å²) in [6.45, 7) is 9.17. The number of hydrogen-bond donors (Lipinski definition) is 1. The number of hydrogen-bond acceptors (Lipinski definition) is 6. The SMILES string of the molecule is CC(=O)O[C@@]12CCC(N(CC(C)C)C(=O)C=Cc3cccc(C)c3)C3Oc4c(O)ccc5c4[C@@]31CCN(C)[C@@H]2C5. The highest BCUT2D eigenvalue weighted by Crippen LogP contribution is 2.67. The summed E-state index contributed by atoms with van der Waals surface area (Å²) in [5.41, 5.74) is 2.82. The number of ether oxygens (including phenoxy) is 2. The first-order valence-corrected chi connectivity index (χ1v) is 14.5. The Labute approximate surface area is 236 Å². The molecule has 40 heavy (non-hydrogen) atoms. The summed E-state index contributed by atoms with van der Waals surface area (Å²) in [6.07, 6.45) is 5.84. The molecule has 4 aliphatic rings. The van der Waals surface area contributed by atoms with E-state index in [0.717, 1.165) is 41.6 Å². The lowest BCUT2D eigenvalue weighted by atomic mass is 9.48. The van der Waals surface area contributed by atoms with Crippen molar-refractivity contribution in [3.05, 3.63) is 64.7 Å². The van der Waals surface area contributed by atoms with Gasteiger partial charge in [0.25, 0.3) is 0 Å². The Morgan fingerprint density at radius 2 is 2.05 bits per heavy atom. The van der Waals surface area contributed by atoms with Gasteiger partial charge in [-0.2, -0.15) is 0 Å². The molecule has 1 N–H and O–H groups in total. The summed E-state index contributed by atoms with van der Waals surface area (Å²) in [6, 6.07) is 11.6. The number of nitrogens with zero attached hydrogens (tertiary/aromatic N) is 2. The average molecular weight is 545 g/mol. The molecule has 1 saturated heterocycles. The lowest BCUT2D eigenvalue weighted by Crippen LogP contribution is -2.79. The molecule has 2 fully saturated rings. The first kappa shape index (κ1) is 26.9. The molecule has 2 aromatic rings. The molecular formula is C33H40N2O5. The van der Waals surface area contributed by atoms with Gasteiger partial charge in [-0.15, -0.1) is 0 Å². The van der Waals surface area contributed by atoms with E-state index < -0.39 is 17.1 Å². The Kier molecular flexibility index (Phi) is 6.49. The van der Waals surface area contributed by atoms with Crippen LogP contribution in [0.3, 0.4) is 0 Å². The molecule has 2 bridgehead atoms. The fraction of sp³-hybridized carbons (Fsp3) is 0.515. The quantitative estimate of drug-likeness (QED) is 0.422. The van der Waals surface area contributed by atoms with Crippen LogP contribution in [-0.2, 0) is 26.2 Å². The van der Waals surface area contributed by atoms with Gasteiger partial charge in [0.15, 0.2) is 11.5 Å². The maximum absolute atomic E-state index is 13.9. The van der Waals surface area contributed by atoms with Gasteiger partial charge in [0.05, 0.1) is 17.5 Å². The Bertz CT molecular complexity index is 1380. The molecule has 5 atom stereocenters. The third kappa shape index (κ3) is 3.88. The van der Waals surface area contributed by atoms with E-state index in [0.29, 0.717) is 25.1 Å². The first-order chi connectivity index (χ1) is 19.1. The zero-order valence-electron chi connectivity index (χ0n) is 24.1. The van der Waals surface area contributed by atoms with Crippen molar-refractivity contribution in [3.63, 3.8) is 0 Å². The van der Waals surface area contributed by atoms with Crippen molar-refractivity contribution in [2.45, 2.75) is 82.6 Å². The molecule has 1 saturated carbocycles. The van der Waals surface area contributed by atoms with Gasteiger partial charge in [0.1, 0.15) is 11.7 Å². The molecule has 0 radical (unpaired) electrons. The maximum atomic E-state index is 13.9. The molecule has 7 nitrogen and oxygen atoms in total. The number of rotatable bonds is 6. The lowest BCUT2D eigenvalue weighted by molar-refractivity contribution is -0.221. The molecule has 1 amide bonds. The fourth-order valence-corrected chi connectivity index (χ4v) is 8.30. The number of likely N-dealkylation sites (N-methyl/N-ethyl adjacent to an activating group) is 1. The first-order valence-electron chi connectivity index (χ1n) is 14.5. The summed E-state index contributed by atoms with van der Waals surface area (Å²) in [4.78, 5) is 30.9. The van der Waals surface area contributed by atoms with Gasteiger partial charge < -0.3 is 19.5 Å². The average Bonchev–Trinajstić information content (AvgIpc) is 3.25. The lowest BCUT2D eigenvalue weighted by Gasteiger charge is -2.65. The van der Waals surface area contributed by atoms with Crippen molar-refractivity contribution in [3.8, 4) is 11.5 Å². The number of likely N-dealkylation sites (tertiary alicyclic amines) is 1. The second-order valence-electron chi connectivity index (χ2n) is 12.6. The van der Waals surface area contributed by atoms with Crippen molar-refractivity contribution in [1.29, 1.82) is 0 Å². The third-order valence-corrected chi connectivity index (χ3v) is 9.69. The number of benzene rings is 2. The molecule has 2 heterocycles. The number of carbonyl (C=O) groups is 2. The van der Waals surface area contributed by atoms with Crippen molar-refractivity contribution >= 4 is 18.0 Å². The van der Waals surface area contributed by atoms with Crippen molar-refractivity contribution in [1.82, 2.24) is 9.80 Å². The van der Waals surface area contributed by atoms with Crippen LogP contribution < -0.4 is 4.74 Å². The van der Waals surface area contributed by atoms with E-state index in [4.69, 9.17) is 9.47 Å². The predicted octanol–water partition coefficient (Wildman–Crippen LogP) is 4.62. The van der Waals surface area contributed by atoms with Gasteiger partial charge in [0, 0.05) is 25.1 Å². The summed E-state index contributed by atoms with van der Waals surface area (Å²) in [5.74, 6) is 0.502. The van der Waals surface area contributed by atoms with Crippen LogP contribution in [0.1, 0.15) is 62.3 Å². The molecule has 0 aromatic heterocycles. The molecular weight excluding hydrogens is 504 g/mol. The molecule has 1 spiro atoms. The van der Waals surface area contributed by atoms with Crippen LogP contribution in [0.25, 0.3) is 6.08 Å².